The van der Waals surface area contributed by atoms with Gasteiger partial charge in [-0.25, -0.2) is 9.78 Å². The zero-order valence-corrected chi connectivity index (χ0v) is 17.2. The lowest BCUT2D eigenvalue weighted by Crippen LogP contribution is -2.35. The van der Waals surface area contributed by atoms with E-state index in [1.54, 1.807) is 14.0 Å². The lowest BCUT2D eigenvalue weighted by atomic mass is 10.2. The van der Waals surface area contributed by atoms with E-state index in [1.165, 1.54) is 15.9 Å². The van der Waals surface area contributed by atoms with Crippen molar-refractivity contribution < 1.29 is 14.3 Å². The number of methoxy groups -OCH3 is 1. The highest BCUT2D eigenvalue weighted by Crippen LogP contribution is 2.27. The standard InChI is InChI=1S/C19H27N3O4S/c1-12-14(3)27-17-16(12)18(23)22(13(2)19(24)26-10-9-25-4)15(20-17)11-21-7-5-6-8-21/h13H,5-11H2,1-4H3. The summed E-state index contributed by atoms with van der Waals surface area (Å²) < 4.78 is 11.7. The van der Waals surface area contributed by atoms with Crippen molar-refractivity contribution in [2.75, 3.05) is 33.4 Å². The highest BCUT2D eigenvalue weighted by atomic mass is 32.1. The number of aromatic nitrogens is 2. The van der Waals surface area contributed by atoms with E-state index >= 15 is 0 Å². The molecule has 148 valence electrons. The van der Waals surface area contributed by atoms with Gasteiger partial charge in [-0.15, -0.1) is 11.3 Å². The van der Waals surface area contributed by atoms with Crippen molar-refractivity contribution in [3.8, 4) is 0 Å². The molecule has 0 saturated carbocycles. The molecule has 0 radical (unpaired) electrons. The van der Waals surface area contributed by atoms with Crippen molar-refractivity contribution in [1.29, 1.82) is 0 Å². The smallest absolute Gasteiger partial charge is 0.329 e. The van der Waals surface area contributed by atoms with E-state index in [0.29, 0.717) is 24.4 Å². The summed E-state index contributed by atoms with van der Waals surface area (Å²) in [5.74, 6) is 0.189. The Kier molecular flexibility index (Phi) is 6.29. The highest BCUT2D eigenvalue weighted by molar-refractivity contribution is 7.18. The Morgan fingerprint density at radius 3 is 2.63 bits per heavy atom. The van der Waals surface area contributed by atoms with Crippen LogP contribution in [0.4, 0.5) is 0 Å². The minimum absolute atomic E-state index is 0.160. The number of aryl methyl sites for hydroxylation is 2. The fraction of sp³-hybridized carbons (Fsp3) is 0.632. The molecule has 0 aliphatic carbocycles. The van der Waals surface area contributed by atoms with Gasteiger partial charge in [0.2, 0.25) is 0 Å². The first kappa shape index (κ1) is 20.0. The number of esters is 1. The topological polar surface area (TPSA) is 73.7 Å². The Balaban J connectivity index is 2.03. The predicted molar refractivity (Wildman–Crippen MR) is 105 cm³/mol. The minimum atomic E-state index is -0.733. The molecule has 0 aromatic carbocycles. The number of fused-ring (bicyclic) bond motifs is 1. The molecule has 2 aromatic heterocycles. The molecular weight excluding hydrogens is 366 g/mol. The second-order valence-corrected chi connectivity index (χ2v) is 8.19. The molecule has 7 nitrogen and oxygen atoms in total. The molecule has 0 amide bonds. The molecule has 0 bridgehead atoms. The van der Waals surface area contributed by atoms with Gasteiger partial charge in [0.25, 0.3) is 5.56 Å². The largest absolute Gasteiger partial charge is 0.462 e. The van der Waals surface area contributed by atoms with Gasteiger partial charge in [0.1, 0.15) is 23.3 Å². The molecule has 1 aliphatic rings. The molecule has 27 heavy (non-hydrogen) atoms. The number of thiophene rings is 1. The number of carbonyl (C=O) groups excluding carboxylic acids is 1. The summed E-state index contributed by atoms with van der Waals surface area (Å²) in [5.41, 5.74) is 0.779. The molecule has 1 unspecified atom stereocenters. The SMILES string of the molecule is COCCOC(=O)C(C)n1c(CN2CCCC2)nc2sc(C)c(C)c2c1=O. The molecule has 1 aliphatic heterocycles. The second-order valence-electron chi connectivity index (χ2n) is 6.99. The van der Waals surface area contributed by atoms with E-state index < -0.39 is 12.0 Å². The van der Waals surface area contributed by atoms with Crippen LogP contribution < -0.4 is 5.56 Å². The maximum atomic E-state index is 13.3. The minimum Gasteiger partial charge on any atom is -0.462 e. The third-order valence-electron chi connectivity index (χ3n) is 5.13. The molecular formula is C19H27N3O4S. The predicted octanol–water partition coefficient (Wildman–Crippen LogP) is 2.42. The van der Waals surface area contributed by atoms with Crippen LogP contribution in [0.2, 0.25) is 0 Å². The maximum Gasteiger partial charge on any atom is 0.329 e. The van der Waals surface area contributed by atoms with Gasteiger partial charge in [-0.3, -0.25) is 14.3 Å². The van der Waals surface area contributed by atoms with Gasteiger partial charge < -0.3 is 9.47 Å². The third-order valence-corrected chi connectivity index (χ3v) is 6.23. The summed E-state index contributed by atoms with van der Waals surface area (Å²) in [6.45, 7) is 8.67. The Bertz CT molecular complexity index is 883. The normalized spacial score (nSPS) is 16.1. The quantitative estimate of drug-likeness (QED) is 0.531. The van der Waals surface area contributed by atoms with Gasteiger partial charge >= 0.3 is 5.97 Å². The number of likely N-dealkylation sites (tertiary alicyclic amines) is 1. The summed E-state index contributed by atoms with van der Waals surface area (Å²) in [6.07, 6.45) is 2.30. The van der Waals surface area contributed by atoms with Gasteiger partial charge in [0.15, 0.2) is 0 Å². The first-order valence-electron chi connectivity index (χ1n) is 9.33. The molecule has 0 N–H and O–H groups in total. The fourth-order valence-corrected chi connectivity index (χ4v) is 4.49. The van der Waals surface area contributed by atoms with Crippen molar-refractivity contribution in [2.45, 2.75) is 46.2 Å². The number of ether oxygens (including phenoxy) is 2. The van der Waals surface area contributed by atoms with E-state index in [2.05, 4.69) is 4.90 Å². The molecule has 0 spiro atoms. The van der Waals surface area contributed by atoms with E-state index in [4.69, 9.17) is 14.5 Å². The van der Waals surface area contributed by atoms with E-state index in [9.17, 15) is 9.59 Å². The zero-order valence-electron chi connectivity index (χ0n) is 16.4. The zero-order chi connectivity index (χ0) is 19.6. The fourth-order valence-electron chi connectivity index (χ4n) is 3.45. The van der Waals surface area contributed by atoms with Crippen LogP contribution in [0.3, 0.4) is 0 Å². The van der Waals surface area contributed by atoms with Crippen LogP contribution in [0.15, 0.2) is 4.79 Å². The Hall–Kier alpha value is -1.77. The Labute approximate surface area is 162 Å². The Morgan fingerprint density at radius 2 is 1.96 bits per heavy atom. The summed E-state index contributed by atoms with van der Waals surface area (Å²) in [7, 11) is 1.55. The van der Waals surface area contributed by atoms with E-state index in [-0.39, 0.29) is 12.2 Å². The van der Waals surface area contributed by atoms with Crippen LogP contribution >= 0.6 is 11.3 Å². The van der Waals surface area contributed by atoms with Crippen LogP contribution in [0.1, 0.15) is 42.1 Å². The van der Waals surface area contributed by atoms with Gasteiger partial charge in [-0.05, 0) is 52.3 Å². The van der Waals surface area contributed by atoms with Gasteiger partial charge in [0, 0.05) is 12.0 Å². The molecule has 1 fully saturated rings. The summed E-state index contributed by atoms with van der Waals surface area (Å²) in [4.78, 5) is 34.7. The van der Waals surface area contributed by atoms with Crippen molar-refractivity contribution in [2.24, 2.45) is 0 Å². The molecule has 3 rings (SSSR count). The van der Waals surface area contributed by atoms with Crippen molar-refractivity contribution in [3.63, 3.8) is 0 Å². The molecule has 1 atom stereocenters. The van der Waals surface area contributed by atoms with E-state index in [1.807, 2.05) is 13.8 Å². The van der Waals surface area contributed by atoms with Crippen LogP contribution in [0.5, 0.6) is 0 Å². The maximum absolute atomic E-state index is 13.3. The van der Waals surface area contributed by atoms with Crippen LogP contribution in [0.25, 0.3) is 10.2 Å². The summed E-state index contributed by atoms with van der Waals surface area (Å²) in [6, 6.07) is -0.733. The number of nitrogens with zero attached hydrogens (tertiary/aromatic N) is 3. The first-order valence-corrected chi connectivity index (χ1v) is 10.1. The van der Waals surface area contributed by atoms with Gasteiger partial charge in [-0.1, -0.05) is 0 Å². The molecule has 1 saturated heterocycles. The average Bonchev–Trinajstić information content (AvgIpc) is 3.23. The Morgan fingerprint density at radius 1 is 1.26 bits per heavy atom. The summed E-state index contributed by atoms with van der Waals surface area (Å²) in [5, 5.41) is 0.610. The number of hydrogen-bond donors (Lipinski definition) is 0. The molecule has 2 aromatic rings. The number of rotatable bonds is 7. The monoisotopic (exact) mass is 393 g/mol. The van der Waals surface area contributed by atoms with Crippen molar-refractivity contribution in [1.82, 2.24) is 14.5 Å². The average molecular weight is 394 g/mol. The van der Waals surface area contributed by atoms with Crippen molar-refractivity contribution in [3.05, 3.63) is 26.6 Å². The third kappa shape index (κ3) is 4.07. The van der Waals surface area contributed by atoms with Crippen LogP contribution in [-0.2, 0) is 20.8 Å². The molecule has 3 heterocycles. The lowest BCUT2D eigenvalue weighted by molar-refractivity contribution is -0.148. The van der Waals surface area contributed by atoms with Crippen LogP contribution in [-0.4, -0.2) is 53.8 Å². The number of carbonyl (C=O) groups is 1. The first-order chi connectivity index (χ1) is 12.9. The molecule has 8 heteroatoms. The van der Waals surface area contributed by atoms with Gasteiger partial charge in [-0.2, -0.15) is 0 Å². The number of hydrogen-bond acceptors (Lipinski definition) is 7. The van der Waals surface area contributed by atoms with Crippen LogP contribution in [0, 0.1) is 13.8 Å². The summed E-state index contributed by atoms with van der Waals surface area (Å²) >= 11 is 1.53. The van der Waals surface area contributed by atoms with Crippen molar-refractivity contribution >= 4 is 27.5 Å². The second kappa shape index (κ2) is 8.50. The van der Waals surface area contributed by atoms with E-state index in [0.717, 1.165) is 41.2 Å². The van der Waals surface area contributed by atoms with Gasteiger partial charge in [0.05, 0.1) is 18.5 Å². The highest BCUT2D eigenvalue weighted by Gasteiger charge is 2.26. The lowest BCUT2D eigenvalue weighted by Gasteiger charge is -2.21.